The lowest BCUT2D eigenvalue weighted by molar-refractivity contribution is -0.385. The summed E-state index contributed by atoms with van der Waals surface area (Å²) in [6.07, 6.45) is 2.33. The molecule has 3 N–H and O–H groups in total. The Balaban J connectivity index is 2.13. The van der Waals surface area contributed by atoms with E-state index in [9.17, 15) is 14.9 Å². The number of nitrogens with two attached hydrogens (primary N) is 1. The maximum absolute atomic E-state index is 11.9. The number of benzene rings is 1. The minimum Gasteiger partial charge on any atom is -0.324 e. The van der Waals surface area contributed by atoms with Crippen LogP contribution in [0.15, 0.2) is 18.2 Å². The van der Waals surface area contributed by atoms with Crippen LogP contribution in [0.4, 0.5) is 11.4 Å². The molecule has 96 valence electrons. The molecule has 1 saturated carbocycles. The van der Waals surface area contributed by atoms with E-state index in [-0.39, 0.29) is 11.6 Å². The predicted octanol–water partition coefficient (Wildman–Crippen LogP) is 1.72. The number of carbonyl (C=O) groups is 1. The van der Waals surface area contributed by atoms with Gasteiger partial charge in [0.2, 0.25) is 5.91 Å². The standard InChI is InChI=1S/C12H15N3O3/c1-8-7-9(3-4-10(8)15(17)18)14-11(16)12(13)5-2-6-12/h3-4,7H,2,5-6,13H2,1H3,(H,14,16). The Morgan fingerprint density at radius 2 is 2.17 bits per heavy atom. The molecule has 1 amide bonds. The van der Waals surface area contributed by atoms with Crippen molar-refractivity contribution in [3.8, 4) is 0 Å². The number of carbonyl (C=O) groups excluding carboxylic acids is 1. The topological polar surface area (TPSA) is 98.3 Å². The Kier molecular flexibility index (Phi) is 3.04. The van der Waals surface area contributed by atoms with Crippen molar-refractivity contribution in [1.29, 1.82) is 0 Å². The molecule has 0 spiro atoms. The quantitative estimate of drug-likeness (QED) is 0.629. The third kappa shape index (κ3) is 2.19. The van der Waals surface area contributed by atoms with Gasteiger partial charge >= 0.3 is 0 Å². The van der Waals surface area contributed by atoms with Crippen LogP contribution in [0.25, 0.3) is 0 Å². The number of hydrogen-bond acceptors (Lipinski definition) is 4. The number of nitro benzene ring substituents is 1. The summed E-state index contributed by atoms with van der Waals surface area (Å²) in [5.74, 6) is -0.220. The van der Waals surface area contributed by atoms with Crippen molar-refractivity contribution in [2.45, 2.75) is 31.7 Å². The van der Waals surface area contributed by atoms with Crippen molar-refractivity contribution in [2.75, 3.05) is 5.32 Å². The monoisotopic (exact) mass is 249 g/mol. The van der Waals surface area contributed by atoms with Gasteiger partial charge in [0.15, 0.2) is 0 Å². The van der Waals surface area contributed by atoms with Crippen LogP contribution in [0.2, 0.25) is 0 Å². The first kappa shape index (κ1) is 12.5. The molecule has 18 heavy (non-hydrogen) atoms. The maximum atomic E-state index is 11.9. The Hall–Kier alpha value is -1.95. The zero-order chi connectivity index (χ0) is 13.3. The van der Waals surface area contributed by atoms with Crippen LogP contribution < -0.4 is 11.1 Å². The van der Waals surface area contributed by atoms with E-state index in [1.807, 2.05) is 0 Å². The summed E-state index contributed by atoms with van der Waals surface area (Å²) in [6.45, 7) is 1.63. The minimum atomic E-state index is -0.768. The molecular formula is C12H15N3O3. The smallest absolute Gasteiger partial charge is 0.272 e. The number of hydrogen-bond donors (Lipinski definition) is 2. The lowest BCUT2D eigenvalue weighted by Gasteiger charge is -2.36. The van der Waals surface area contributed by atoms with E-state index in [1.165, 1.54) is 12.1 Å². The summed E-state index contributed by atoms with van der Waals surface area (Å²) in [6, 6.07) is 4.48. The number of amides is 1. The molecule has 0 unspecified atom stereocenters. The highest BCUT2D eigenvalue weighted by Gasteiger charge is 2.40. The van der Waals surface area contributed by atoms with Gasteiger partial charge in [-0.1, -0.05) is 0 Å². The molecule has 0 atom stereocenters. The normalized spacial score (nSPS) is 16.8. The summed E-state index contributed by atoms with van der Waals surface area (Å²) >= 11 is 0. The minimum absolute atomic E-state index is 0.0408. The molecule has 1 aliphatic carbocycles. The van der Waals surface area contributed by atoms with Gasteiger partial charge in [0.05, 0.1) is 10.5 Å². The molecule has 1 aliphatic rings. The molecule has 0 heterocycles. The highest BCUT2D eigenvalue weighted by Crippen LogP contribution is 2.30. The molecule has 1 aromatic carbocycles. The number of aryl methyl sites for hydroxylation is 1. The van der Waals surface area contributed by atoms with Crippen LogP contribution in [0.3, 0.4) is 0 Å². The van der Waals surface area contributed by atoms with Crippen molar-refractivity contribution in [3.05, 3.63) is 33.9 Å². The molecule has 0 aliphatic heterocycles. The maximum Gasteiger partial charge on any atom is 0.272 e. The molecule has 0 saturated heterocycles. The lowest BCUT2D eigenvalue weighted by atomic mass is 9.77. The summed E-state index contributed by atoms with van der Waals surface area (Å²) in [5, 5.41) is 13.4. The average Bonchev–Trinajstić information content (AvgIpc) is 2.25. The first-order chi connectivity index (χ1) is 8.42. The first-order valence-corrected chi connectivity index (χ1v) is 5.78. The van der Waals surface area contributed by atoms with Gasteiger partial charge in [-0.15, -0.1) is 0 Å². The van der Waals surface area contributed by atoms with E-state index in [4.69, 9.17) is 5.73 Å². The fourth-order valence-electron chi connectivity index (χ4n) is 1.98. The van der Waals surface area contributed by atoms with Crippen LogP contribution in [-0.2, 0) is 4.79 Å². The van der Waals surface area contributed by atoms with E-state index in [2.05, 4.69) is 5.32 Å². The van der Waals surface area contributed by atoms with Crippen LogP contribution in [0, 0.1) is 17.0 Å². The molecule has 1 aromatic rings. The van der Waals surface area contributed by atoms with Crippen LogP contribution >= 0.6 is 0 Å². The fourth-order valence-corrected chi connectivity index (χ4v) is 1.98. The number of nitrogens with zero attached hydrogens (tertiary/aromatic N) is 1. The Morgan fingerprint density at radius 1 is 1.50 bits per heavy atom. The molecular weight excluding hydrogens is 234 g/mol. The van der Waals surface area contributed by atoms with Crippen LogP contribution in [-0.4, -0.2) is 16.4 Å². The zero-order valence-electron chi connectivity index (χ0n) is 10.1. The van der Waals surface area contributed by atoms with E-state index < -0.39 is 10.5 Å². The highest BCUT2D eigenvalue weighted by molar-refractivity contribution is 5.98. The van der Waals surface area contributed by atoms with Gasteiger partial charge in [-0.25, -0.2) is 0 Å². The van der Waals surface area contributed by atoms with Gasteiger partial charge in [-0.05, 0) is 38.3 Å². The van der Waals surface area contributed by atoms with Crippen LogP contribution in [0.5, 0.6) is 0 Å². The molecule has 0 bridgehead atoms. The van der Waals surface area contributed by atoms with E-state index in [0.29, 0.717) is 24.1 Å². The molecule has 1 fully saturated rings. The van der Waals surface area contributed by atoms with Gasteiger partial charge in [-0.2, -0.15) is 0 Å². The highest BCUT2D eigenvalue weighted by atomic mass is 16.6. The molecule has 0 radical (unpaired) electrons. The van der Waals surface area contributed by atoms with Gasteiger partial charge in [0, 0.05) is 17.3 Å². The lowest BCUT2D eigenvalue weighted by Crippen LogP contribution is -2.56. The molecule has 0 aromatic heterocycles. The molecule has 6 heteroatoms. The SMILES string of the molecule is Cc1cc(NC(=O)C2(N)CCC2)ccc1[N+](=O)[O-]. The number of nitrogens with one attached hydrogen (secondary N) is 1. The van der Waals surface area contributed by atoms with Crippen molar-refractivity contribution in [1.82, 2.24) is 0 Å². The molecule has 6 nitrogen and oxygen atoms in total. The van der Waals surface area contributed by atoms with Crippen LogP contribution in [0.1, 0.15) is 24.8 Å². The Morgan fingerprint density at radius 3 is 2.61 bits per heavy atom. The fraction of sp³-hybridized carbons (Fsp3) is 0.417. The third-order valence-electron chi connectivity index (χ3n) is 3.35. The van der Waals surface area contributed by atoms with E-state index in [0.717, 1.165) is 6.42 Å². The Bertz CT molecular complexity index is 509. The van der Waals surface area contributed by atoms with Crippen molar-refractivity contribution in [2.24, 2.45) is 5.73 Å². The second-order valence-corrected chi connectivity index (χ2v) is 4.72. The van der Waals surface area contributed by atoms with Gasteiger partial charge in [0.1, 0.15) is 0 Å². The second kappa shape index (κ2) is 4.38. The number of nitro groups is 1. The average molecular weight is 249 g/mol. The van der Waals surface area contributed by atoms with Crippen molar-refractivity contribution >= 4 is 17.3 Å². The van der Waals surface area contributed by atoms with Crippen molar-refractivity contribution < 1.29 is 9.72 Å². The summed E-state index contributed by atoms with van der Waals surface area (Å²) in [4.78, 5) is 22.1. The molecule has 2 rings (SSSR count). The summed E-state index contributed by atoms with van der Waals surface area (Å²) in [5.41, 5.74) is 6.22. The van der Waals surface area contributed by atoms with Crippen molar-refractivity contribution in [3.63, 3.8) is 0 Å². The summed E-state index contributed by atoms with van der Waals surface area (Å²) in [7, 11) is 0. The Labute approximate surface area is 104 Å². The largest absolute Gasteiger partial charge is 0.324 e. The second-order valence-electron chi connectivity index (χ2n) is 4.72. The predicted molar refractivity (Wildman–Crippen MR) is 67.2 cm³/mol. The zero-order valence-corrected chi connectivity index (χ0v) is 10.1. The van der Waals surface area contributed by atoms with Gasteiger partial charge < -0.3 is 11.1 Å². The van der Waals surface area contributed by atoms with Gasteiger partial charge in [0.25, 0.3) is 5.69 Å². The van der Waals surface area contributed by atoms with E-state index >= 15 is 0 Å². The third-order valence-corrected chi connectivity index (χ3v) is 3.35. The van der Waals surface area contributed by atoms with E-state index in [1.54, 1.807) is 13.0 Å². The summed E-state index contributed by atoms with van der Waals surface area (Å²) < 4.78 is 0. The first-order valence-electron chi connectivity index (χ1n) is 5.78. The van der Waals surface area contributed by atoms with Gasteiger partial charge in [-0.3, -0.25) is 14.9 Å². The number of rotatable bonds is 3. The number of anilines is 1.